The fourth-order valence-corrected chi connectivity index (χ4v) is 1.43. The predicted molar refractivity (Wildman–Crippen MR) is 69.3 cm³/mol. The van der Waals surface area contributed by atoms with Crippen molar-refractivity contribution in [2.45, 2.75) is 6.42 Å². The molecule has 1 rings (SSSR count). The van der Waals surface area contributed by atoms with Gasteiger partial charge in [-0.2, -0.15) is 0 Å². The molecule has 0 fully saturated rings. The maximum atomic E-state index is 11.4. The van der Waals surface area contributed by atoms with Gasteiger partial charge in [0.15, 0.2) is 0 Å². The molecular formula is C11H16BrN3O. The molecule has 5 heteroatoms. The van der Waals surface area contributed by atoms with Crippen LogP contribution in [0.5, 0.6) is 0 Å². The van der Waals surface area contributed by atoms with Gasteiger partial charge in [-0.1, -0.05) is 15.9 Å². The molecule has 0 aliphatic heterocycles. The minimum Gasteiger partial charge on any atom is -0.330 e. The summed E-state index contributed by atoms with van der Waals surface area (Å²) in [4.78, 5) is 11.4. The predicted octanol–water partition coefficient (Wildman–Crippen LogP) is 1.33. The van der Waals surface area contributed by atoms with E-state index in [0.717, 1.165) is 23.1 Å². The number of anilines is 1. The lowest BCUT2D eigenvalue weighted by molar-refractivity contribution is -0.115. The molecule has 0 atom stereocenters. The van der Waals surface area contributed by atoms with Crippen molar-refractivity contribution in [2.75, 3.05) is 25.0 Å². The van der Waals surface area contributed by atoms with Crippen molar-refractivity contribution < 1.29 is 4.79 Å². The molecule has 16 heavy (non-hydrogen) atoms. The number of amides is 1. The molecule has 0 saturated heterocycles. The second kappa shape index (κ2) is 7.38. The second-order valence-corrected chi connectivity index (χ2v) is 4.29. The van der Waals surface area contributed by atoms with Crippen LogP contribution in [-0.2, 0) is 4.79 Å². The van der Waals surface area contributed by atoms with E-state index in [0.29, 0.717) is 13.1 Å². The molecule has 0 heterocycles. The van der Waals surface area contributed by atoms with Gasteiger partial charge in [0.25, 0.3) is 0 Å². The number of carbonyl (C=O) groups excluding carboxylic acids is 1. The Balaban J connectivity index is 2.26. The summed E-state index contributed by atoms with van der Waals surface area (Å²) < 4.78 is 0.992. The summed E-state index contributed by atoms with van der Waals surface area (Å²) in [6.45, 7) is 1.72. The number of benzene rings is 1. The number of nitrogens with one attached hydrogen (secondary N) is 2. The lowest BCUT2D eigenvalue weighted by atomic mass is 10.3. The summed E-state index contributed by atoms with van der Waals surface area (Å²) in [6, 6.07) is 7.47. The number of halogens is 1. The first-order valence-corrected chi connectivity index (χ1v) is 5.98. The van der Waals surface area contributed by atoms with E-state index in [1.54, 1.807) is 0 Å². The Morgan fingerprint density at radius 1 is 1.31 bits per heavy atom. The molecule has 1 aromatic rings. The van der Waals surface area contributed by atoms with Gasteiger partial charge in [0.05, 0.1) is 6.54 Å². The number of nitrogens with two attached hydrogens (primary N) is 1. The first-order valence-electron chi connectivity index (χ1n) is 5.18. The third kappa shape index (κ3) is 5.25. The number of hydrogen-bond donors (Lipinski definition) is 3. The summed E-state index contributed by atoms with van der Waals surface area (Å²) in [6.07, 6.45) is 0.881. The number of carbonyl (C=O) groups is 1. The van der Waals surface area contributed by atoms with E-state index in [9.17, 15) is 4.79 Å². The van der Waals surface area contributed by atoms with Crippen molar-refractivity contribution in [3.05, 3.63) is 28.7 Å². The minimum atomic E-state index is -0.0423. The van der Waals surface area contributed by atoms with Gasteiger partial charge in [0, 0.05) is 10.2 Å². The monoisotopic (exact) mass is 285 g/mol. The Hall–Kier alpha value is -0.910. The van der Waals surface area contributed by atoms with Crippen LogP contribution in [0.2, 0.25) is 0 Å². The van der Waals surface area contributed by atoms with Crippen LogP contribution in [0.15, 0.2) is 28.7 Å². The molecule has 0 radical (unpaired) electrons. The van der Waals surface area contributed by atoms with E-state index in [1.165, 1.54) is 0 Å². The van der Waals surface area contributed by atoms with Crippen molar-refractivity contribution in [3.8, 4) is 0 Å². The molecular weight excluding hydrogens is 270 g/mol. The average molecular weight is 286 g/mol. The van der Waals surface area contributed by atoms with Gasteiger partial charge in [-0.15, -0.1) is 0 Å². The van der Waals surface area contributed by atoms with Gasteiger partial charge in [-0.3, -0.25) is 4.79 Å². The van der Waals surface area contributed by atoms with E-state index < -0.39 is 0 Å². The molecule has 4 N–H and O–H groups in total. The molecule has 0 aliphatic rings. The summed E-state index contributed by atoms with van der Waals surface area (Å²) >= 11 is 3.33. The minimum absolute atomic E-state index is 0.0423. The maximum Gasteiger partial charge on any atom is 0.238 e. The van der Waals surface area contributed by atoms with Gasteiger partial charge >= 0.3 is 0 Å². The standard InChI is InChI=1S/C11H16BrN3O/c12-9-2-4-10(5-3-9)15-11(16)8-14-7-1-6-13/h2-5,14H,1,6-8,13H2,(H,15,16). The van der Waals surface area contributed by atoms with E-state index >= 15 is 0 Å². The molecule has 1 aromatic carbocycles. The van der Waals surface area contributed by atoms with Crippen molar-refractivity contribution in [1.82, 2.24) is 5.32 Å². The van der Waals surface area contributed by atoms with Gasteiger partial charge in [-0.05, 0) is 43.8 Å². The van der Waals surface area contributed by atoms with Crippen LogP contribution in [0.25, 0.3) is 0 Å². The number of hydrogen-bond acceptors (Lipinski definition) is 3. The first kappa shape index (κ1) is 13.2. The fraction of sp³-hybridized carbons (Fsp3) is 0.364. The van der Waals surface area contributed by atoms with Gasteiger partial charge in [-0.25, -0.2) is 0 Å². The molecule has 1 amide bonds. The van der Waals surface area contributed by atoms with E-state index in [1.807, 2.05) is 24.3 Å². The highest BCUT2D eigenvalue weighted by molar-refractivity contribution is 9.10. The molecule has 88 valence electrons. The molecule has 0 aliphatic carbocycles. The largest absolute Gasteiger partial charge is 0.330 e. The van der Waals surface area contributed by atoms with Crippen molar-refractivity contribution in [2.24, 2.45) is 5.73 Å². The van der Waals surface area contributed by atoms with Gasteiger partial charge < -0.3 is 16.4 Å². The van der Waals surface area contributed by atoms with Crippen LogP contribution >= 0.6 is 15.9 Å². The first-order chi connectivity index (χ1) is 7.72. The van der Waals surface area contributed by atoms with Crippen LogP contribution in [0, 0.1) is 0 Å². The summed E-state index contributed by atoms with van der Waals surface area (Å²) in [5, 5.41) is 5.81. The van der Waals surface area contributed by atoms with Crippen LogP contribution in [0.3, 0.4) is 0 Å². The molecule has 0 spiro atoms. The summed E-state index contributed by atoms with van der Waals surface area (Å²) in [7, 11) is 0. The third-order valence-electron chi connectivity index (χ3n) is 1.97. The smallest absolute Gasteiger partial charge is 0.238 e. The SMILES string of the molecule is NCCCNCC(=O)Nc1ccc(Br)cc1. The zero-order valence-corrected chi connectivity index (χ0v) is 10.6. The molecule has 0 saturated carbocycles. The summed E-state index contributed by atoms with van der Waals surface area (Å²) in [5.74, 6) is -0.0423. The van der Waals surface area contributed by atoms with Crippen LogP contribution in [0.4, 0.5) is 5.69 Å². The zero-order valence-electron chi connectivity index (χ0n) is 9.00. The van der Waals surface area contributed by atoms with Crippen LogP contribution < -0.4 is 16.4 Å². The molecule has 0 unspecified atom stereocenters. The quantitative estimate of drug-likeness (QED) is 0.691. The normalized spacial score (nSPS) is 10.1. The van der Waals surface area contributed by atoms with Crippen molar-refractivity contribution in [3.63, 3.8) is 0 Å². The van der Waals surface area contributed by atoms with Crippen molar-refractivity contribution in [1.29, 1.82) is 0 Å². The summed E-state index contributed by atoms with van der Waals surface area (Å²) in [5.41, 5.74) is 6.14. The van der Waals surface area contributed by atoms with E-state index in [-0.39, 0.29) is 5.91 Å². The highest BCUT2D eigenvalue weighted by Gasteiger charge is 2.00. The second-order valence-electron chi connectivity index (χ2n) is 3.37. The topological polar surface area (TPSA) is 67.1 Å². The Morgan fingerprint density at radius 3 is 2.62 bits per heavy atom. The number of rotatable bonds is 6. The Kier molecular flexibility index (Phi) is 6.07. The average Bonchev–Trinajstić information content (AvgIpc) is 2.28. The third-order valence-corrected chi connectivity index (χ3v) is 2.50. The fourth-order valence-electron chi connectivity index (χ4n) is 1.17. The molecule has 4 nitrogen and oxygen atoms in total. The highest BCUT2D eigenvalue weighted by Crippen LogP contribution is 2.13. The van der Waals surface area contributed by atoms with E-state index in [4.69, 9.17) is 5.73 Å². The van der Waals surface area contributed by atoms with Crippen molar-refractivity contribution >= 4 is 27.5 Å². The lowest BCUT2D eigenvalue weighted by Gasteiger charge is -2.06. The van der Waals surface area contributed by atoms with Crippen LogP contribution in [-0.4, -0.2) is 25.5 Å². The van der Waals surface area contributed by atoms with E-state index in [2.05, 4.69) is 26.6 Å². The highest BCUT2D eigenvalue weighted by atomic mass is 79.9. The Morgan fingerprint density at radius 2 is 2.00 bits per heavy atom. The molecule has 0 bridgehead atoms. The van der Waals surface area contributed by atoms with Crippen LogP contribution in [0.1, 0.15) is 6.42 Å². The molecule has 0 aromatic heterocycles. The Bertz CT molecular complexity index is 327. The lowest BCUT2D eigenvalue weighted by Crippen LogP contribution is -2.29. The van der Waals surface area contributed by atoms with Gasteiger partial charge in [0.1, 0.15) is 0 Å². The zero-order chi connectivity index (χ0) is 11.8. The van der Waals surface area contributed by atoms with Gasteiger partial charge in [0.2, 0.25) is 5.91 Å². The Labute approximate surface area is 104 Å². The maximum absolute atomic E-state index is 11.4.